The Hall–Kier alpha value is -3.55. The van der Waals surface area contributed by atoms with Gasteiger partial charge < -0.3 is 18.3 Å². The van der Waals surface area contributed by atoms with Gasteiger partial charge in [-0.3, -0.25) is 5.32 Å². The van der Waals surface area contributed by atoms with Crippen LogP contribution in [-0.2, 0) is 16.1 Å². The average Bonchev–Trinajstić information content (AvgIpc) is 3.14. The molecule has 0 atom stereocenters. The summed E-state index contributed by atoms with van der Waals surface area (Å²) >= 11 is 0. The SMILES string of the molecule is CCOC(=O)Nc1ccc2c(COC(=O)c3ccco3)cc(=O)oc2c1. The molecule has 26 heavy (non-hydrogen) atoms. The maximum absolute atomic E-state index is 11.9. The van der Waals surface area contributed by atoms with Crippen LogP contribution in [0.5, 0.6) is 0 Å². The van der Waals surface area contributed by atoms with Gasteiger partial charge in [0.25, 0.3) is 0 Å². The van der Waals surface area contributed by atoms with Gasteiger partial charge in [-0.2, -0.15) is 0 Å². The van der Waals surface area contributed by atoms with E-state index >= 15 is 0 Å². The summed E-state index contributed by atoms with van der Waals surface area (Å²) in [6.45, 7) is 1.79. The molecule has 1 amide bonds. The zero-order valence-electron chi connectivity index (χ0n) is 13.8. The highest BCUT2D eigenvalue weighted by Gasteiger charge is 2.13. The fraction of sp³-hybridized carbons (Fsp3) is 0.167. The molecule has 8 nitrogen and oxygen atoms in total. The Balaban J connectivity index is 1.83. The zero-order chi connectivity index (χ0) is 18.5. The summed E-state index contributed by atoms with van der Waals surface area (Å²) in [5.74, 6) is -0.574. The van der Waals surface area contributed by atoms with Crippen molar-refractivity contribution >= 4 is 28.7 Å². The second-order valence-electron chi connectivity index (χ2n) is 5.20. The lowest BCUT2D eigenvalue weighted by Gasteiger charge is -2.09. The number of carbonyl (C=O) groups excluding carboxylic acids is 2. The second kappa shape index (κ2) is 7.56. The van der Waals surface area contributed by atoms with Crippen molar-refractivity contribution < 1.29 is 27.9 Å². The molecule has 2 heterocycles. The Morgan fingerprint density at radius 3 is 2.73 bits per heavy atom. The van der Waals surface area contributed by atoms with Crippen LogP contribution in [0, 0.1) is 0 Å². The minimum atomic E-state index is -0.642. The molecule has 134 valence electrons. The van der Waals surface area contributed by atoms with Crippen LogP contribution in [0.3, 0.4) is 0 Å². The number of rotatable bonds is 5. The third-order valence-corrected chi connectivity index (χ3v) is 3.43. The summed E-state index contributed by atoms with van der Waals surface area (Å²) in [6.07, 6.45) is 0.749. The first kappa shape index (κ1) is 17.3. The van der Waals surface area contributed by atoms with Gasteiger partial charge in [0.1, 0.15) is 12.2 Å². The number of ether oxygens (including phenoxy) is 2. The number of furan rings is 1. The van der Waals surface area contributed by atoms with Gasteiger partial charge in [0, 0.05) is 28.8 Å². The molecule has 0 aliphatic carbocycles. The van der Waals surface area contributed by atoms with E-state index in [0.29, 0.717) is 16.6 Å². The highest BCUT2D eigenvalue weighted by molar-refractivity contribution is 5.90. The summed E-state index contributed by atoms with van der Waals surface area (Å²) in [7, 11) is 0. The summed E-state index contributed by atoms with van der Waals surface area (Å²) in [6, 6.07) is 9.06. The van der Waals surface area contributed by atoms with Crippen molar-refractivity contribution in [2.75, 3.05) is 11.9 Å². The molecule has 0 radical (unpaired) electrons. The first-order valence-electron chi connectivity index (χ1n) is 7.78. The molecule has 0 bridgehead atoms. The lowest BCUT2D eigenvalue weighted by Crippen LogP contribution is -2.13. The number of hydrogen-bond acceptors (Lipinski definition) is 7. The maximum Gasteiger partial charge on any atom is 0.411 e. The van der Waals surface area contributed by atoms with Crippen molar-refractivity contribution in [3.8, 4) is 0 Å². The number of anilines is 1. The van der Waals surface area contributed by atoms with Gasteiger partial charge in [-0.25, -0.2) is 14.4 Å². The van der Waals surface area contributed by atoms with Crippen LogP contribution in [0.15, 0.2) is 56.3 Å². The fourth-order valence-electron chi connectivity index (χ4n) is 2.32. The van der Waals surface area contributed by atoms with Crippen LogP contribution < -0.4 is 10.9 Å². The Morgan fingerprint density at radius 2 is 2.00 bits per heavy atom. The van der Waals surface area contributed by atoms with E-state index in [2.05, 4.69) is 5.32 Å². The molecule has 3 aromatic rings. The second-order valence-corrected chi connectivity index (χ2v) is 5.20. The highest BCUT2D eigenvalue weighted by atomic mass is 16.5. The van der Waals surface area contributed by atoms with Gasteiger partial charge in [-0.15, -0.1) is 0 Å². The fourth-order valence-corrected chi connectivity index (χ4v) is 2.32. The zero-order valence-corrected chi connectivity index (χ0v) is 13.8. The summed E-state index contributed by atoms with van der Waals surface area (Å²) in [5, 5.41) is 3.10. The number of amides is 1. The van der Waals surface area contributed by atoms with Crippen molar-refractivity contribution in [3.63, 3.8) is 0 Å². The van der Waals surface area contributed by atoms with Gasteiger partial charge in [0.2, 0.25) is 5.76 Å². The quantitative estimate of drug-likeness (QED) is 0.551. The third-order valence-electron chi connectivity index (χ3n) is 3.43. The minimum absolute atomic E-state index is 0.0678. The van der Waals surface area contributed by atoms with Crippen molar-refractivity contribution in [3.05, 3.63) is 64.4 Å². The maximum atomic E-state index is 11.9. The van der Waals surface area contributed by atoms with Gasteiger partial charge in [0.15, 0.2) is 0 Å². The smallest absolute Gasteiger partial charge is 0.411 e. The van der Waals surface area contributed by atoms with E-state index < -0.39 is 17.7 Å². The Morgan fingerprint density at radius 1 is 1.15 bits per heavy atom. The summed E-state index contributed by atoms with van der Waals surface area (Å²) < 4.78 is 20.1. The van der Waals surface area contributed by atoms with E-state index in [4.69, 9.17) is 18.3 Å². The van der Waals surface area contributed by atoms with Crippen molar-refractivity contribution in [2.24, 2.45) is 0 Å². The first-order chi connectivity index (χ1) is 12.6. The third kappa shape index (κ3) is 3.92. The molecule has 0 aliphatic rings. The predicted octanol–water partition coefficient (Wildman–Crippen LogP) is 3.31. The van der Waals surface area contributed by atoms with Crippen LogP contribution in [-0.4, -0.2) is 18.7 Å². The number of fused-ring (bicyclic) bond motifs is 1. The first-order valence-corrected chi connectivity index (χ1v) is 7.78. The molecule has 8 heteroatoms. The monoisotopic (exact) mass is 357 g/mol. The van der Waals surface area contributed by atoms with E-state index in [1.54, 1.807) is 25.1 Å². The van der Waals surface area contributed by atoms with Crippen LogP contribution in [0.25, 0.3) is 11.0 Å². The minimum Gasteiger partial charge on any atom is -0.457 e. The molecule has 0 spiro atoms. The van der Waals surface area contributed by atoms with Crippen molar-refractivity contribution in [1.29, 1.82) is 0 Å². The Kier molecular flexibility index (Phi) is 5.02. The molecule has 0 unspecified atom stereocenters. The average molecular weight is 357 g/mol. The van der Waals surface area contributed by atoms with Crippen LogP contribution in [0.2, 0.25) is 0 Å². The van der Waals surface area contributed by atoms with Crippen LogP contribution in [0.4, 0.5) is 10.5 Å². The number of nitrogens with one attached hydrogen (secondary N) is 1. The molecule has 1 N–H and O–H groups in total. The largest absolute Gasteiger partial charge is 0.457 e. The lowest BCUT2D eigenvalue weighted by atomic mass is 10.1. The van der Waals surface area contributed by atoms with Crippen molar-refractivity contribution in [1.82, 2.24) is 0 Å². The van der Waals surface area contributed by atoms with E-state index in [-0.39, 0.29) is 24.6 Å². The number of esters is 1. The Bertz CT molecular complexity index is 988. The summed E-state index contributed by atoms with van der Waals surface area (Å²) in [4.78, 5) is 35.1. The van der Waals surface area contributed by atoms with Crippen LogP contribution >= 0.6 is 0 Å². The van der Waals surface area contributed by atoms with Crippen LogP contribution in [0.1, 0.15) is 23.0 Å². The molecule has 3 rings (SSSR count). The van der Waals surface area contributed by atoms with E-state index in [0.717, 1.165) is 0 Å². The molecular weight excluding hydrogens is 342 g/mol. The van der Waals surface area contributed by atoms with E-state index in [1.807, 2.05) is 0 Å². The molecule has 0 saturated carbocycles. The van der Waals surface area contributed by atoms with Gasteiger partial charge >= 0.3 is 17.7 Å². The van der Waals surface area contributed by atoms with E-state index in [9.17, 15) is 14.4 Å². The van der Waals surface area contributed by atoms with E-state index in [1.165, 1.54) is 24.5 Å². The van der Waals surface area contributed by atoms with Gasteiger partial charge in [0.05, 0.1) is 12.9 Å². The van der Waals surface area contributed by atoms with Gasteiger partial charge in [-0.05, 0) is 31.2 Å². The number of carbonyl (C=O) groups is 2. The predicted molar refractivity (Wildman–Crippen MR) is 91.0 cm³/mol. The molecule has 1 aromatic carbocycles. The normalized spacial score (nSPS) is 10.5. The van der Waals surface area contributed by atoms with Gasteiger partial charge in [-0.1, -0.05) is 0 Å². The summed E-state index contributed by atoms with van der Waals surface area (Å²) in [5.41, 5.74) is 0.522. The Labute approximate surface area is 147 Å². The standard InChI is InChI=1S/C18H15NO7/c1-2-23-18(22)19-12-5-6-13-11(8-16(20)26-15(13)9-12)10-25-17(21)14-4-3-7-24-14/h3-9H,2,10H2,1H3,(H,19,22). The number of hydrogen-bond donors (Lipinski definition) is 1. The van der Waals surface area contributed by atoms with Crippen molar-refractivity contribution in [2.45, 2.75) is 13.5 Å². The molecule has 0 fully saturated rings. The molecule has 2 aromatic heterocycles. The molecule has 0 aliphatic heterocycles. The lowest BCUT2D eigenvalue weighted by molar-refractivity contribution is 0.0437. The molecular formula is C18H15NO7. The number of benzene rings is 1. The topological polar surface area (TPSA) is 108 Å². The highest BCUT2D eigenvalue weighted by Crippen LogP contribution is 2.22. The molecule has 0 saturated heterocycles.